The topological polar surface area (TPSA) is 27.1 Å². The highest BCUT2D eigenvalue weighted by molar-refractivity contribution is 5.74. The molecule has 2 rings (SSSR count). The molecular weight excluding hydrogens is 176 g/mol. The molecule has 70 valence electrons. The van der Waals surface area contributed by atoms with Crippen LogP contribution in [0.25, 0.3) is 11.0 Å². The monoisotopic (exact) mass is 186 g/mol. The van der Waals surface area contributed by atoms with Crippen molar-refractivity contribution in [3.05, 3.63) is 30.6 Å². The molecule has 0 saturated heterocycles. The molecule has 1 aromatic heterocycles. The molecule has 0 unspecified atom stereocenters. The van der Waals surface area contributed by atoms with Crippen LogP contribution in [0.4, 0.5) is 0 Å². The van der Waals surface area contributed by atoms with Gasteiger partial charge in [0.05, 0.1) is 17.4 Å². The Morgan fingerprint density at radius 1 is 1.43 bits per heavy atom. The number of para-hydroxylation sites is 2. The maximum Gasteiger partial charge on any atom is 0.125 e. The number of hydrogen-bond donors (Lipinski definition) is 0. The van der Waals surface area contributed by atoms with Gasteiger partial charge in [-0.15, -0.1) is 6.42 Å². The Kier molecular flexibility index (Phi) is 2.48. The van der Waals surface area contributed by atoms with E-state index in [4.69, 9.17) is 11.2 Å². The third-order valence-corrected chi connectivity index (χ3v) is 1.94. The fourth-order valence-corrected chi connectivity index (χ4v) is 1.32. The molecule has 0 saturated carbocycles. The van der Waals surface area contributed by atoms with Crippen molar-refractivity contribution in [3.63, 3.8) is 0 Å². The summed E-state index contributed by atoms with van der Waals surface area (Å²) in [7, 11) is 0. The molecule has 0 aliphatic heterocycles. The van der Waals surface area contributed by atoms with Crippen molar-refractivity contribution in [1.82, 2.24) is 9.55 Å². The summed E-state index contributed by atoms with van der Waals surface area (Å²) in [6.45, 7) is 0.775. The van der Waals surface area contributed by atoms with E-state index >= 15 is 0 Å². The molecule has 0 bridgehead atoms. The molecule has 0 atom stereocenters. The molecule has 3 heteroatoms. The molecule has 0 fully saturated rings. The van der Waals surface area contributed by atoms with Gasteiger partial charge in [0.1, 0.15) is 13.3 Å². The summed E-state index contributed by atoms with van der Waals surface area (Å²) in [5.74, 6) is 2.42. The van der Waals surface area contributed by atoms with Crippen LogP contribution in [0.5, 0.6) is 0 Å². The summed E-state index contributed by atoms with van der Waals surface area (Å²) >= 11 is 0. The highest BCUT2D eigenvalue weighted by atomic mass is 16.5. The predicted octanol–water partition coefficient (Wildman–Crippen LogP) is 1.64. The van der Waals surface area contributed by atoms with Crippen LogP contribution in [0.2, 0.25) is 0 Å². The van der Waals surface area contributed by atoms with E-state index in [1.807, 2.05) is 28.8 Å². The lowest BCUT2D eigenvalue weighted by Crippen LogP contribution is -2.00. The van der Waals surface area contributed by atoms with Crippen molar-refractivity contribution in [3.8, 4) is 12.3 Å². The minimum atomic E-state index is 0.326. The van der Waals surface area contributed by atoms with Crippen LogP contribution < -0.4 is 0 Å². The summed E-state index contributed by atoms with van der Waals surface area (Å²) in [5.41, 5.74) is 2.03. The summed E-state index contributed by atoms with van der Waals surface area (Å²) in [4.78, 5) is 4.23. The smallest absolute Gasteiger partial charge is 0.125 e. The van der Waals surface area contributed by atoms with E-state index < -0.39 is 0 Å². The van der Waals surface area contributed by atoms with E-state index in [1.54, 1.807) is 6.33 Å². The Morgan fingerprint density at radius 2 is 2.29 bits per heavy atom. The fourth-order valence-electron chi connectivity index (χ4n) is 1.32. The first kappa shape index (κ1) is 8.79. The maximum atomic E-state index is 5.22. The van der Waals surface area contributed by atoms with E-state index in [0.29, 0.717) is 13.3 Å². The van der Waals surface area contributed by atoms with Crippen molar-refractivity contribution in [2.24, 2.45) is 0 Å². The largest absolute Gasteiger partial charge is 0.348 e. The quantitative estimate of drug-likeness (QED) is 0.538. The van der Waals surface area contributed by atoms with Crippen LogP contribution in [0.15, 0.2) is 30.6 Å². The predicted molar refractivity (Wildman–Crippen MR) is 54.5 cm³/mol. The Labute approximate surface area is 82.3 Å². The maximum absolute atomic E-state index is 5.22. The molecule has 1 heterocycles. The second kappa shape index (κ2) is 3.95. The average Bonchev–Trinajstić information content (AvgIpc) is 2.63. The second-order valence-corrected chi connectivity index (χ2v) is 2.88. The van der Waals surface area contributed by atoms with Crippen molar-refractivity contribution < 1.29 is 4.74 Å². The SMILES string of the molecule is C#CCOCn1cnc2ccccc21. The van der Waals surface area contributed by atoms with Gasteiger partial charge in [-0.25, -0.2) is 4.98 Å². The minimum Gasteiger partial charge on any atom is -0.348 e. The highest BCUT2D eigenvalue weighted by Gasteiger charge is 1.99. The number of terminal acetylenes is 1. The van der Waals surface area contributed by atoms with Gasteiger partial charge in [-0.2, -0.15) is 0 Å². The van der Waals surface area contributed by atoms with Crippen LogP contribution in [-0.2, 0) is 11.5 Å². The van der Waals surface area contributed by atoms with Gasteiger partial charge in [0.25, 0.3) is 0 Å². The van der Waals surface area contributed by atoms with Crippen LogP contribution in [0, 0.1) is 12.3 Å². The molecular formula is C11H10N2O. The average molecular weight is 186 g/mol. The van der Waals surface area contributed by atoms with Gasteiger partial charge >= 0.3 is 0 Å². The zero-order chi connectivity index (χ0) is 9.80. The molecule has 2 aromatic rings. The number of imidazole rings is 1. The molecule has 1 aromatic carbocycles. The van der Waals surface area contributed by atoms with Gasteiger partial charge in [-0.3, -0.25) is 0 Å². The van der Waals surface area contributed by atoms with Crippen molar-refractivity contribution in [2.45, 2.75) is 6.73 Å². The van der Waals surface area contributed by atoms with Crippen LogP contribution in [-0.4, -0.2) is 16.2 Å². The zero-order valence-corrected chi connectivity index (χ0v) is 7.68. The number of benzene rings is 1. The summed E-state index contributed by atoms with van der Waals surface area (Å²) in [6, 6.07) is 7.90. The Bertz CT molecular complexity index is 467. The molecule has 0 spiro atoms. The zero-order valence-electron chi connectivity index (χ0n) is 7.68. The number of ether oxygens (including phenoxy) is 1. The fraction of sp³-hybridized carbons (Fsp3) is 0.182. The molecule has 0 N–H and O–H groups in total. The molecule has 3 nitrogen and oxygen atoms in total. The van der Waals surface area contributed by atoms with E-state index in [-0.39, 0.29) is 0 Å². The molecule has 0 aliphatic rings. The number of fused-ring (bicyclic) bond motifs is 1. The summed E-state index contributed by atoms with van der Waals surface area (Å²) < 4.78 is 7.15. The highest BCUT2D eigenvalue weighted by Crippen LogP contribution is 2.11. The molecule has 0 radical (unpaired) electrons. The van der Waals surface area contributed by atoms with Crippen molar-refractivity contribution >= 4 is 11.0 Å². The van der Waals surface area contributed by atoms with Gasteiger partial charge in [0.2, 0.25) is 0 Å². The Hall–Kier alpha value is -1.79. The standard InChI is InChI=1S/C11H10N2O/c1-2-7-14-9-13-8-12-10-5-3-4-6-11(10)13/h1,3-6,8H,7,9H2. The molecule has 0 aliphatic carbocycles. The summed E-state index contributed by atoms with van der Waals surface area (Å²) in [5, 5.41) is 0. The lowest BCUT2D eigenvalue weighted by Gasteiger charge is -2.02. The minimum absolute atomic E-state index is 0.326. The second-order valence-electron chi connectivity index (χ2n) is 2.88. The van der Waals surface area contributed by atoms with E-state index in [1.165, 1.54) is 0 Å². The third kappa shape index (κ3) is 1.61. The van der Waals surface area contributed by atoms with Crippen LogP contribution in [0.1, 0.15) is 0 Å². The van der Waals surface area contributed by atoms with E-state index in [2.05, 4.69) is 10.9 Å². The van der Waals surface area contributed by atoms with Gasteiger partial charge in [-0.1, -0.05) is 18.1 Å². The number of aromatic nitrogens is 2. The molecule has 14 heavy (non-hydrogen) atoms. The first-order valence-electron chi connectivity index (χ1n) is 4.33. The number of hydrogen-bond acceptors (Lipinski definition) is 2. The number of rotatable bonds is 3. The van der Waals surface area contributed by atoms with Gasteiger partial charge < -0.3 is 9.30 Å². The summed E-state index contributed by atoms with van der Waals surface area (Å²) in [6.07, 6.45) is 6.83. The Morgan fingerprint density at radius 3 is 3.14 bits per heavy atom. The lowest BCUT2D eigenvalue weighted by atomic mass is 10.3. The first-order valence-corrected chi connectivity index (χ1v) is 4.33. The molecule has 0 amide bonds. The number of nitrogens with zero attached hydrogens (tertiary/aromatic N) is 2. The van der Waals surface area contributed by atoms with Crippen LogP contribution >= 0.6 is 0 Å². The van der Waals surface area contributed by atoms with E-state index in [9.17, 15) is 0 Å². The Balaban J connectivity index is 2.22. The van der Waals surface area contributed by atoms with Gasteiger partial charge in [0, 0.05) is 0 Å². The normalized spacial score (nSPS) is 10.2. The first-order chi connectivity index (χ1) is 6.92. The third-order valence-electron chi connectivity index (χ3n) is 1.94. The van der Waals surface area contributed by atoms with Gasteiger partial charge in [0.15, 0.2) is 0 Å². The van der Waals surface area contributed by atoms with Crippen LogP contribution in [0.3, 0.4) is 0 Å². The van der Waals surface area contributed by atoms with Crippen molar-refractivity contribution in [1.29, 1.82) is 0 Å². The van der Waals surface area contributed by atoms with Crippen molar-refractivity contribution in [2.75, 3.05) is 6.61 Å². The van der Waals surface area contributed by atoms with E-state index in [0.717, 1.165) is 11.0 Å². The lowest BCUT2D eigenvalue weighted by molar-refractivity contribution is 0.107. The van der Waals surface area contributed by atoms with Gasteiger partial charge in [-0.05, 0) is 12.1 Å².